The predicted molar refractivity (Wildman–Crippen MR) is 106 cm³/mol. The number of fused-ring (bicyclic) bond motifs is 1. The molecule has 3 N–H and O–H groups in total. The van der Waals surface area contributed by atoms with Crippen molar-refractivity contribution >= 4 is 44.0 Å². The van der Waals surface area contributed by atoms with Gasteiger partial charge in [-0.05, 0) is 47.5 Å². The molecular formula is C19H16ClN3O3S. The molecule has 0 saturated heterocycles. The smallest absolute Gasteiger partial charge is 0.267 e. The van der Waals surface area contributed by atoms with E-state index < -0.39 is 15.9 Å². The third-order valence-electron chi connectivity index (χ3n) is 3.99. The van der Waals surface area contributed by atoms with E-state index in [4.69, 9.17) is 16.7 Å². The Labute approximate surface area is 161 Å². The average molecular weight is 402 g/mol. The summed E-state index contributed by atoms with van der Waals surface area (Å²) in [5.41, 5.74) is 3.96. The molecule has 0 aliphatic rings. The Morgan fingerprint density at radius 2 is 1.67 bits per heavy atom. The Morgan fingerprint density at radius 1 is 1.00 bits per heavy atom. The summed E-state index contributed by atoms with van der Waals surface area (Å²) in [4.78, 5) is 12.0. The first-order chi connectivity index (χ1) is 12.8. The Hall–Kier alpha value is -2.74. The second-order valence-corrected chi connectivity index (χ2v) is 7.83. The van der Waals surface area contributed by atoms with Crippen LogP contribution in [0.25, 0.3) is 10.8 Å². The molecule has 3 aromatic rings. The van der Waals surface area contributed by atoms with Crippen molar-refractivity contribution in [2.45, 2.75) is 11.8 Å². The number of hydrogen-bond acceptors (Lipinski definition) is 4. The minimum Gasteiger partial charge on any atom is -0.267 e. The summed E-state index contributed by atoms with van der Waals surface area (Å²) in [7, 11) is -4.03. The molecule has 0 fully saturated rings. The molecule has 0 spiro atoms. The van der Waals surface area contributed by atoms with Crippen molar-refractivity contribution in [2.75, 3.05) is 0 Å². The molecule has 0 aliphatic heterocycles. The lowest BCUT2D eigenvalue weighted by molar-refractivity contribution is 0.0954. The maximum atomic E-state index is 12.3. The number of halogens is 1. The molecule has 0 saturated carbocycles. The molecule has 8 heteroatoms. The quantitative estimate of drug-likeness (QED) is 0.518. The Balaban J connectivity index is 1.83. The normalized spacial score (nSPS) is 12.2. The molecule has 6 nitrogen and oxygen atoms in total. The predicted octanol–water partition coefficient (Wildman–Crippen LogP) is 3.29. The SMILES string of the molecule is C/C(=N/NC(=O)c1ccc(Cl)c(S(N)(=O)=O)c1)c1ccc2ccccc2c1. The lowest BCUT2D eigenvalue weighted by Gasteiger charge is -2.07. The van der Waals surface area contributed by atoms with Crippen LogP contribution >= 0.6 is 11.6 Å². The Bertz CT molecular complexity index is 1170. The van der Waals surface area contributed by atoms with E-state index in [1.165, 1.54) is 12.1 Å². The van der Waals surface area contributed by atoms with E-state index in [2.05, 4.69) is 10.5 Å². The highest BCUT2D eigenvalue weighted by atomic mass is 35.5. The van der Waals surface area contributed by atoms with Gasteiger partial charge in [0.25, 0.3) is 5.91 Å². The minimum atomic E-state index is -4.03. The van der Waals surface area contributed by atoms with E-state index in [0.717, 1.165) is 22.4 Å². The highest BCUT2D eigenvalue weighted by Crippen LogP contribution is 2.21. The van der Waals surface area contributed by atoms with E-state index in [-0.39, 0.29) is 15.5 Å². The number of nitrogens with one attached hydrogen (secondary N) is 1. The minimum absolute atomic E-state index is 0.0510. The number of carbonyl (C=O) groups is 1. The van der Waals surface area contributed by atoms with Gasteiger partial charge in [0.05, 0.1) is 10.7 Å². The fourth-order valence-electron chi connectivity index (χ4n) is 2.54. The maximum Gasteiger partial charge on any atom is 0.271 e. The first-order valence-corrected chi connectivity index (χ1v) is 9.84. The van der Waals surface area contributed by atoms with Crippen LogP contribution in [0.15, 0.2) is 70.7 Å². The second-order valence-electron chi connectivity index (χ2n) is 5.89. The molecule has 0 atom stereocenters. The van der Waals surface area contributed by atoms with Gasteiger partial charge in [0.2, 0.25) is 10.0 Å². The molecule has 138 valence electrons. The summed E-state index contributed by atoms with van der Waals surface area (Å²) < 4.78 is 23.0. The first kappa shape index (κ1) is 19.0. The molecule has 0 aromatic heterocycles. The highest BCUT2D eigenvalue weighted by molar-refractivity contribution is 7.89. The van der Waals surface area contributed by atoms with Crippen molar-refractivity contribution in [3.63, 3.8) is 0 Å². The van der Waals surface area contributed by atoms with E-state index >= 15 is 0 Å². The number of hydrazone groups is 1. The van der Waals surface area contributed by atoms with Crippen LogP contribution in [0.5, 0.6) is 0 Å². The average Bonchev–Trinajstić information content (AvgIpc) is 2.64. The number of nitrogens with two attached hydrogens (primary N) is 1. The van der Waals surface area contributed by atoms with Crippen molar-refractivity contribution in [1.82, 2.24) is 5.43 Å². The van der Waals surface area contributed by atoms with Gasteiger partial charge >= 0.3 is 0 Å². The van der Waals surface area contributed by atoms with Crippen molar-refractivity contribution in [3.05, 3.63) is 76.8 Å². The van der Waals surface area contributed by atoms with Gasteiger partial charge in [0.1, 0.15) is 4.90 Å². The van der Waals surface area contributed by atoms with Gasteiger partial charge in [-0.3, -0.25) is 4.79 Å². The molecule has 0 aliphatic carbocycles. The molecule has 0 bridgehead atoms. The van der Waals surface area contributed by atoms with Crippen LogP contribution in [0.4, 0.5) is 0 Å². The largest absolute Gasteiger partial charge is 0.271 e. The van der Waals surface area contributed by atoms with Crippen LogP contribution < -0.4 is 10.6 Å². The maximum absolute atomic E-state index is 12.3. The lowest BCUT2D eigenvalue weighted by Crippen LogP contribution is -2.20. The summed E-state index contributed by atoms with van der Waals surface area (Å²) in [6, 6.07) is 17.6. The van der Waals surface area contributed by atoms with E-state index in [1.807, 2.05) is 42.5 Å². The van der Waals surface area contributed by atoms with Gasteiger partial charge in [-0.2, -0.15) is 5.10 Å². The van der Waals surface area contributed by atoms with Crippen LogP contribution in [0.3, 0.4) is 0 Å². The molecule has 0 heterocycles. The zero-order valence-corrected chi connectivity index (χ0v) is 15.9. The number of amides is 1. The summed E-state index contributed by atoms with van der Waals surface area (Å²) >= 11 is 5.82. The van der Waals surface area contributed by atoms with E-state index in [1.54, 1.807) is 6.92 Å². The van der Waals surface area contributed by atoms with Gasteiger partial charge in [0.15, 0.2) is 0 Å². The standard InChI is InChI=1S/C19H16ClN3O3S/c1-12(14-7-6-13-4-2-3-5-15(13)10-14)22-23-19(24)16-8-9-17(20)18(11-16)27(21,25)26/h2-11H,1H3,(H,23,24)(H2,21,25,26)/b22-12-. The van der Waals surface area contributed by atoms with E-state index in [0.29, 0.717) is 5.71 Å². The zero-order valence-electron chi connectivity index (χ0n) is 14.3. The molecule has 0 unspecified atom stereocenters. The summed E-state index contributed by atoms with van der Waals surface area (Å²) in [5, 5.41) is 11.3. The Morgan fingerprint density at radius 3 is 2.37 bits per heavy atom. The topological polar surface area (TPSA) is 102 Å². The van der Waals surface area contributed by atoms with Crippen molar-refractivity contribution in [3.8, 4) is 0 Å². The second kappa shape index (κ2) is 7.48. The fourth-order valence-corrected chi connectivity index (χ4v) is 3.61. The van der Waals surface area contributed by atoms with Gasteiger partial charge in [-0.15, -0.1) is 0 Å². The van der Waals surface area contributed by atoms with Crippen LogP contribution in [0.1, 0.15) is 22.8 Å². The van der Waals surface area contributed by atoms with Crippen molar-refractivity contribution < 1.29 is 13.2 Å². The molecule has 3 aromatic carbocycles. The van der Waals surface area contributed by atoms with Crippen molar-refractivity contribution in [2.24, 2.45) is 10.2 Å². The van der Waals surface area contributed by atoms with Gasteiger partial charge < -0.3 is 0 Å². The molecule has 27 heavy (non-hydrogen) atoms. The number of sulfonamides is 1. The van der Waals surface area contributed by atoms with Crippen LogP contribution in [-0.4, -0.2) is 20.0 Å². The number of nitrogens with zero attached hydrogens (tertiary/aromatic N) is 1. The lowest BCUT2D eigenvalue weighted by atomic mass is 10.0. The van der Waals surface area contributed by atoms with Crippen LogP contribution in [0, 0.1) is 0 Å². The number of primary sulfonamides is 1. The van der Waals surface area contributed by atoms with Gasteiger partial charge in [-0.1, -0.05) is 48.0 Å². The van der Waals surface area contributed by atoms with Crippen LogP contribution in [-0.2, 0) is 10.0 Å². The number of rotatable bonds is 4. The first-order valence-electron chi connectivity index (χ1n) is 7.92. The molecule has 3 rings (SSSR count). The number of hydrogen-bond donors (Lipinski definition) is 2. The van der Waals surface area contributed by atoms with Crippen molar-refractivity contribution in [1.29, 1.82) is 0 Å². The Kier molecular flexibility index (Phi) is 5.27. The molecular weight excluding hydrogens is 386 g/mol. The molecule has 0 radical (unpaired) electrons. The summed E-state index contributed by atoms with van der Waals surface area (Å²) in [5.74, 6) is -0.572. The zero-order chi connectivity index (χ0) is 19.6. The van der Waals surface area contributed by atoms with Gasteiger partial charge in [0, 0.05) is 5.56 Å². The third kappa shape index (κ3) is 4.33. The number of carbonyl (C=O) groups excluding carboxylic acids is 1. The van der Waals surface area contributed by atoms with Gasteiger partial charge in [-0.25, -0.2) is 19.0 Å². The summed E-state index contributed by atoms with van der Waals surface area (Å²) in [6.07, 6.45) is 0. The number of benzene rings is 3. The highest BCUT2D eigenvalue weighted by Gasteiger charge is 2.16. The molecule has 1 amide bonds. The monoisotopic (exact) mass is 401 g/mol. The van der Waals surface area contributed by atoms with E-state index in [9.17, 15) is 13.2 Å². The van der Waals surface area contributed by atoms with Crippen LogP contribution in [0.2, 0.25) is 5.02 Å². The third-order valence-corrected chi connectivity index (χ3v) is 5.38. The summed E-state index contributed by atoms with van der Waals surface area (Å²) in [6.45, 7) is 1.77. The fraction of sp³-hybridized carbons (Fsp3) is 0.0526.